The molecule has 3 N–H and O–H groups in total. The second-order valence-corrected chi connectivity index (χ2v) is 14.9. The summed E-state index contributed by atoms with van der Waals surface area (Å²) in [6.07, 6.45) is 1.92. The number of nitrogens with one attached hydrogen (secondary N) is 2. The molecule has 2 fully saturated rings. The Morgan fingerprint density at radius 2 is 1.50 bits per heavy atom. The molecule has 0 radical (unpaired) electrons. The van der Waals surface area contributed by atoms with E-state index < -0.39 is 53.5 Å². The van der Waals surface area contributed by atoms with Crippen molar-refractivity contribution in [2.45, 2.75) is 77.2 Å². The number of methoxy groups -OCH3 is 4. The number of H-pyrrole nitrogens is 1. The largest absolute Gasteiger partial charge is 0.497 e. The number of aromatic nitrogens is 2. The number of carboxylic acids is 1. The molecule has 310 valence electrons. The Bertz CT molecular complexity index is 2240. The number of pyridine rings is 2. The van der Waals surface area contributed by atoms with Crippen molar-refractivity contribution < 1.29 is 57.5 Å². The molecule has 0 unspecified atom stereocenters. The van der Waals surface area contributed by atoms with E-state index in [-0.39, 0.29) is 41.6 Å². The van der Waals surface area contributed by atoms with E-state index in [0.29, 0.717) is 33.3 Å². The number of hydrogen-bond acceptors (Lipinski definition) is 13. The van der Waals surface area contributed by atoms with Crippen LogP contribution in [0.3, 0.4) is 0 Å². The number of likely N-dealkylation sites (tertiary alicyclic amines) is 1. The minimum atomic E-state index is -1.19. The van der Waals surface area contributed by atoms with Gasteiger partial charge in [0.1, 0.15) is 47.2 Å². The maximum absolute atomic E-state index is 13.8. The average molecular weight is 805 g/mol. The van der Waals surface area contributed by atoms with Crippen LogP contribution in [0.15, 0.2) is 53.3 Å². The molecule has 17 heteroatoms. The molecular formula is C41H48N4O13. The van der Waals surface area contributed by atoms with Gasteiger partial charge in [-0.25, -0.2) is 24.2 Å². The number of ether oxygens (including phenoxy) is 6. The number of alkyl carbamates (subject to hydrolysis) is 1. The highest BCUT2D eigenvalue weighted by Gasteiger charge is 2.46. The van der Waals surface area contributed by atoms with Gasteiger partial charge in [0.2, 0.25) is 5.91 Å². The first kappa shape index (κ1) is 42.7. The zero-order valence-corrected chi connectivity index (χ0v) is 33.4. The Balaban J connectivity index is 0.000000313. The van der Waals surface area contributed by atoms with E-state index in [1.54, 1.807) is 57.2 Å². The van der Waals surface area contributed by atoms with Gasteiger partial charge >= 0.3 is 24.0 Å². The number of esters is 2. The van der Waals surface area contributed by atoms with Crippen LogP contribution in [-0.2, 0) is 23.8 Å². The van der Waals surface area contributed by atoms with Crippen LogP contribution >= 0.6 is 0 Å². The number of rotatable bonds is 10. The van der Waals surface area contributed by atoms with Gasteiger partial charge in [-0.05, 0) is 55.4 Å². The zero-order chi connectivity index (χ0) is 42.3. The highest BCUT2D eigenvalue weighted by atomic mass is 16.6. The van der Waals surface area contributed by atoms with Gasteiger partial charge in [-0.1, -0.05) is 20.8 Å². The first-order valence-corrected chi connectivity index (χ1v) is 18.6. The highest BCUT2D eigenvalue weighted by Crippen LogP contribution is 2.33. The Morgan fingerprint density at radius 3 is 2.10 bits per heavy atom. The fourth-order valence-corrected chi connectivity index (χ4v) is 6.85. The SMILES string of the molecule is COC(=O)c1cc(=O)c2ccc(OC)cc2[nH]1.COC(=O)c1cc(O[C@@H]2C[C@@H](C(=O)O)N(C(=O)[C@@H](NC(=O)OC3CCCC3)C(C)(C)C)C2)c2ccc(OC)cc2n1. The van der Waals surface area contributed by atoms with Crippen molar-refractivity contribution in [3.8, 4) is 17.2 Å². The summed E-state index contributed by atoms with van der Waals surface area (Å²) in [5.74, 6) is -1.57. The summed E-state index contributed by atoms with van der Waals surface area (Å²) in [5, 5.41) is 13.8. The number of carboxylic acid groups (broad SMARTS) is 1. The molecule has 6 rings (SSSR count). The number of aliphatic carboxylic acids is 1. The fraction of sp³-hybridized carbons (Fsp3) is 0.439. The number of hydrogen-bond donors (Lipinski definition) is 3. The van der Waals surface area contributed by atoms with Crippen LogP contribution < -0.4 is 25.0 Å². The molecule has 58 heavy (non-hydrogen) atoms. The van der Waals surface area contributed by atoms with Crippen LogP contribution in [0.5, 0.6) is 17.2 Å². The number of fused-ring (bicyclic) bond motifs is 2. The monoisotopic (exact) mass is 804 g/mol. The first-order chi connectivity index (χ1) is 27.6. The van der Waals surface area contributed by atoms with Gasteiger partial charge in [-0.2, -0.15) is 0 Å². The lowest BCUT2D eigenvalue weighted by Crippen LogP contribution is -2.57. The molecule has 2 amide bonds. The summed E-state index contributed by atoms with van der Waals surface area (Å²) in [5.41, 5.74) is 0.114. The summed E-state index contributed by atoms with van der Waals surface area (Å²) in [6, 6.07) is 10.5. The molecule has 3 heterocycles. The standard InChI is InChI=1S/C29H37N3O9.C12H11NO4/c1-29(2,3)24(31-28(37)41-16-8-6-7-9-16)25(33)32-15-18(13-22(32)26(34)35)40-23-14-21(27(36)39-5)30-20-12-17(38-4)10-11-19(20)23;1-16-7-3-4-8-9(5-7)13-10(6-11(8)14)12(15)17-2/h10-12,14,16,18,22,24H,6-9,13,15H2,1-5H3,(H,31,37)(H,34,35);3-6H,1-2H3,(H,13,14)/t18-,22+,24-;/m1./s1. The molecule has 2 aromatic carbocycles. The van der Waals surface area contributed by atoms with Crippen molar-refractivity contribution in [3.05, 3.63) is 70.1 Å². The van der Waals surface area contributed by atoms with Crippen LogP contribution in [0, 0.1) is 5.41 Å². The van der Waals surface area contributed by atoms with Gasteiger partial charge in [-0.15, -0.1) is 0 Å². The molecule has 2 aromatic heterocycles. The molecular weight excluding hydrogens is 756 g/mol. The van der Waals surface area contributed by atoms with E-state index in [1.165, 1.54) is 45.5 Å². The molecule has 0 bridgehead atoms. The molecule has 1 aliphatic heterocycles. The predicted molar refractivity (Wildman–Crippen MR) is 209 cm³/mol. The van der Waals surface area contributed by atoms with Crippen molar-refractivity contribution in [3.63, 3.8) is 0 Å². The normalized spacial score (nSPS) is 17.1. The third-order valence-electron chi connectivity index (χ3n) is 9.89. The van der Waals surface area contributed by atoms with Gasteiger partial charge in [-0.3, -0.25) is 9.59 Å². The summed E-state index contributed by atoms with van der Waals surface area (Å²) in [7, 11) is 5.54. The minimum Gasteiger partial charge on any atom is -0.497 e. The Morgan fingerprint density at radius 1 is 0.862 bits per heavy atom. The zero-order valence-electron chi connectivity index (χ0n) is 33.4. The predicted octanol–water partition coefficient (Wildman–Crippen LogP) is 4.87. The lowest BCUT2D eigenvalue weighted by Gasteiger charge is -2.34. The minimum absolute atomic E-state index is 0.00161. The number of benzene rings is 2. The second-order valence-electron chi connectivity index (χ2n) is 14.9. The van der Waals surface area contributed by atoms with Crippen LogP contribution in [-0.4, -0.2) is 109 Å². The van der Waals surface area contributed by atoms with E-state index in [9.17, 15) is 33.9 Å². The maximum Gasteiger partial charge on any atom is 0.408 e. The lowest BCUT2D eigenvalue weighted by atomic mass is 9.85. The maximum atomic E-state index is 13.8. The molecule has 1 aliphatic carbocycles. The Labute approximate surface area is 333 Å². The van der Waals surface area contributed by atoms with E-state index >= 15 is 0 Å². The lowest BCUT2D eigenvalue weighted by molar-refractivity contribution is -0.150. The number of amides is 2. The van der Waals surface area contributed by atoms with E-state index in [4.69, 9.17) is 23.7 Å². The average Bonchev–Trinajstić information content (AvgIpc) is 3.88. The molecule has 4 aromatic rings. The molecule has 1 saturated carbocycles. The van der Waals surface area contributed by atoms with Crippen LogP contribution in [0.4, 0.5) is 4.79 Å². The molecule has 1 saturated heterocycles. The number of nitrogens with zero attached hydrogens (tertiary/aromatic N) is 2. The van der Waals surface area contributed by atoms with E-state index in [2.05, 4.69) is 20.0 Å². The van der Waals surface area contributed by atoms with Crippen LogP contribution in [0.1, 0.15) is 73.9 Å². The van der Waals surface area contributed by atoms with Crippen molar-refractivity contribution >= 4 is 51.7 Å². The topological polar surface area (TPSA) is 222 Å². The summed E-state index contributed by atoms with van der Waals surface area (Å²) in [4.78, 5) is 82.5. The van der Waals surface area contributed by atoms with Gasteiger partial charge in [0.05, 0.1) is 46.0 Å². The first-order valence-electron chi connectivity index (χ1n) is 18.6. The van der Waals surface area contributed by atoms with Crippen molar-refractivity contribution in [1.29, 1.82) is 0 Å². The summed E-state index contributed by atoms with van der Waals surface area (Å²) >= 11 is 0. The third kappa shape index (κ3) is 9.94. The second kappa shape index (κ2) is 18.3. The third-order valence-corrected chi connectivity index (χ3v) is 9.89. The smallest absolute Gasteiger partial charge is 0.408 e. The van der Waals surface area contributed by atoms with Crippen molar-refractivity contribution in [1.82, 2.24) is 20.2 Å². The Kier molecular flexibility index (Phi) is 13.5. The number of carbonyl (C=O) groups is 5. The fourth-order valence-electron chi connectivity index (χ4n) is 6.85. The summed E-state index contributed by atoms with van der Waals surface area (Å²) in [6.45, 7) is 5.32. The van der Waals surface area contributed by atoms with E-state index in [0.717, 1.165) is 25.7 Å². The van der Waals surface area contributed by atoms with Gasteiger partial charge in [0.25, 0.3) is 0 Å². The number of aromatic amines is 1. The van der Waals surface area contributed by atoms with E-state index in [1.807, 2.05) is 0 Å². The van der Waals surface area contributed by atoms with Gasteiger partial charge in [0.15, 0.2) is 11.1 Å². The molecule has 3 atom stereocenters. The Hall–Kier alpha value is -6.39. The number of carbonyl (C=O) groups excluding carboxylic acids is 4. The molecule has 17 nitrogen and oxygen atoms in total. The van der Waals surface area contributed by atoms with Crippen molar-refractivity contribution in [2.24, 2.45) is 5.41 Å². The van der Waals surface area contributed by atoms with Gasteiger partial charge < -0.3 is 48.7 Å². The quantitative estimate of drug-likeness (QED) is 0.144. The highest BCUT2D eigenvalue weighted by molar-refractivity contribution is 5.95. The summed E-state index contributed by atoms with van der Waals surface area (Å²) < 4.78 is 31.5. The van der Waals surface area contributed by atoms with Crippen LogP contribution in [0.2, 0.25) is 0 Å². The van der Waals surface area contributed by atoms with Gasteiger partial charge in [0, 0.05) is 41.5 Å². The molecule has 0 spiro atoms. The van der Waals surface area contributed by atoms with Crippen LogP contribution in [0.25, 0.3) is 21.8 Å². The van der Waals surface area contributed by atoms with Crippen molar-refractivity contribution in [2.75, 3.05) is 35.0 Å². The molecule has 2 aliphatic rings.